The smallest absolute Gasteiger partial charge is 0.0541 e. The highest BCUT2D eigenvalue weighted by Crippen LogP contribution is 2.45. The third kappa shape index (κ3) is 6.28. The lowest BCUT2D eigenvalue weighted by molar-refractivity contribution is 1.12. The largest absolute Gasteiger partial charge is 0.309 e. The molecule has 1 aliphatic carbocycles. The standard InChI is InChI=1S/C55H36N2.C5H8/c1-4-13-36(14-5-1)39-24-28-53-48(31-39)45-19-10-11-21-51(45)56(53)43-27-23-42-34-47-44(46(42)35-43)20-12-22-52(47)57-54-29-25-40(37-15-6-2-7-16-37)32-49(54)50-33-41(26-30-55(50)57)38-17-8-3-9-18-38;1-3-5-4-2/h1-33,35H,34H2;3-5H,1H2,2H3/b;5-4-. The van der Waals surface area contributed by atoms with Crippen LogP contribution in [-0.2, 0) is 6.42 Å². The molecule has 0 radical (unpaired) electrons. The minimum absolute atomic E-state index is 0.889. The molecule has 0 saturated heterocycles. The van der Waals surface area contributed by atoms with E-state index in [1.54, 1.807) is 6.08 Å². The van der Waals surface area contributed by atoms with Gasteiger partial charge < -0.3 is 9.13 Å². The molecule has 1 aliphatic rings. The van der Waals surface area contributed by atoms with Crippen LogP contribution in [0.25, 0.3) is 99.5 Å². The number of aromatic nitrogens is 2. The third-order valence-corrected chi connectivity index (χ3v) is 12.5. The molecule has 2 nitrogen and oxygen atoms in total. The van der Waals surface area contributed by atoms with Gasteiger partial charge in [0.05, 0.1) is 27.8 Å². The number of nitrogens with zero attached hydrogens (tertiary/aromatic N) is 2. The highest BCUT2D eigenvalue weighted by molar-refractivity contribution is 6.13. The van der Waals surface area contributed by atoms with E-state index in [9.17, 15) is 0 Å². The van der Waals surface area contributed by atoms with Gasteiger partial charge in [0.15, 0.2) is 0 Å². The van der Waals surface area contributed by atoms with Crippen molar-refractivity contribution in [3.05, 3.63) is 242 Å². The van der Waals surface area contributed by atoms with Gasteiger partial charge in [-0.1, -0.05) is 170 Å². The van der Waals surface area contributed by atoms with Gasteiger partial charge in [0.1, 0.15) is 0 Å². The predicted octanol–water partition coefficient (Wildman–Crippen LogP) is 16.2. The van der Waals surface area contributed by atoms with E-state index in [1.165, 1.54) is 111 Å². The van der Waals surface area contributed by atoms with Crippen molar-refractivity contribution in [2.45, 2.75) is 13.3 Å². The molecule has 0 atom stereocenters. The average molecular weight is 793 g/mol. The molecule has 11 aromatic rings. The van der Waals surface area contributed by atoms with E-state index >= 15 is 0 Å². The Hall–Kier alpha value is -7.94. The molecular weight excluding hydrogens is 749 g/mol. The van der Waals surface area contributed by atoms with Crippen molar-refractivity contribution >= 4 is 43.6 Å². The number of hydrogen-bond acceptors (Lipinski definition) is 0. The maximum atomic E-state index is 3.46. The van der Waals surface area contributed by atoms with Crippen LogP contribution in [0.3, 0.4) is 0 Å². The van der Waals surface area contributed by atoms with Crippen LogP contribution in [0.1, 0.15) is 18.1 Å². The van der Waals surface area contributed by atoms with Crippen molar-refractivity contribution in [2.24, 2.45) is 0 Å². The zero-order valence-corrected chi connectivity index (χ0v) is 34.7. The second-order valence-electron chi connectivity index (χ2n) is 16.1. The summed E-state index contributed by atoms with van der Waals surface area (Å²) in [6, 6.07) is 75.8. The summed E-state index contributed by atoms with van der Waals surface area (Å²) < 4.78 is 4.96. The Morgan fingerprint density at radius 2 is 0.903 bits per heavy atom. The fourth-order valence-corrected chi connectivity index (χ4v) is 9.62. The van der Waals surface area contributed by atoms with Crippen LogP contribution in [0.15, 0.2) is 231 Å². The molecule has 12 rings (SSSR count). The molecule has 0 N–H and O–H groups in total. The van der Waals surface area contributed by atoms with E-state index < -0.39 is 0 Å². The highest BCUT2D eigenvalue weighted by atomic mass is 15.0. The molecule has 2 aromatic heterocycles. The van der Waals surface area contributed by atoms with Crippen LogP contribution in [-0.4, -0.2) is 9.13 Å². The number of fused-ring (bicyclic) bond motifs is 9. The van der Waals surface area contributed by atoms with Crippen LogP contribution < -0.4 is 0 Å². The summed E-state index contributed by atoms with van der Waals surface area (Å²) in [7, 11) is 0. The summed E-state index contributed by atoms with van der Waals surface area (Å²) in [4.78, 5) is 0. The molecule has 2 heteroatoms. The van der Waals surface area contributed by atoms with Crippen molar-refractivity contribution < 1.29 is 0 Å². The number of benzene rings is 9. The molecular formula is C60H44N2. The van der Waals surface area contributed by atoms with Gasteiger partial charge in [0.2, 0.25) is 0 Å². The van der Waals surface area contributed by atoms with E-state index in [1.807, 2.05) is 19.1 Å². The minimum Gasteiger partial charge on any atom is -0.309 e. The normalized spacial score (nSPS) is 11.9. The summed E-state index contributed by atoms with van der Waals surface area (Å²) in [5.74, 6) is 0. The SMILES string of the molecule is C=C/C=C\C.c1ccc(-c2ccc3c(c2)c2ccccc2n3-c2ccc3c(c2)-c2cccc(-n4c5ccc(-c6ccccc6)cc5c5cc(-c6ccccc6)ccc54)c2C3)cc1. The predicted molar refractivity (Wildman–Crippen MR) is 265 cm³/mol. The first-order valence-corrected chi connectivity index (χ1v) is 21.5. The molecule has 0 saturated carbocycles. The lowest BCUT2D eigenvalue weighted by Gasteiger charge is -2.14. The van der Waals surface area contributed by atoms with Gasteiger partial charge in [-0.25, -0.2) is 0 Å². The average Bonchev–Trinajstić information content (AvgIpc) is 3.99. The van der Waals surface area contributed by atoms with Gasteiger partial charge in [-0.2, -0.15) is 0 Å². The van der Waals surface area contributed by atoms with Gasteiger partial charge in [0.25, 0.3) is 0 Å². The number of allylic oxidation sites excluding steroid dienone is 3. The molecule has 0 aliphatic heterocycles. The van der Waals surface area contributed by atoms with E-state index in [-0.39, 0.29) is 0 Å². The van der Waals surface area contributed by atoms with Gasteiger partial charge in [0, 0.05) is 33.7 Å². The van der Waals surface area contributed by atoms with Crippen molar-refractivity contribution in [2.75, 3.05) is 0 Å². The van der Waals surface area contributed by atoms with Crippen LogP contribution >= 0.6 is 0 Å². The summed E-state index contributed by atoms with van der Waals surface area (Å²) in [6.45, 7) is 5.42. The summed E-state index contributed by atoms with van der Waals surface area (Å²) in [6.07, 6.45) is 6.47. The first-order chi connectivity index (χ1) is 30.7. The van der Waals surface area contributed by atoms with Crippen LogP contribution in [0.2, 0.25) is 0 Å². The molecule has 2 heterocycles. The van der Waals surface area contributed by atoms with E-state index in [4.69, 9.17) is 0 Å². The van der Waals surface area contributed by atoms with Gasteiger partial charge in [-0.15, -0.1) is 0 Å². The topological polar surface area (TPSA) is 9.86 Å². The summed E-state index contributed by atoms with van der Waals surface area (Å²) in [5.41, 5.74) is 20.1. The summed E-state index contributed by atoms with van der Waals surface area (Å²) >= 11 is 0. The molecule has 294 valence electrons. The Morgan fingerprint density at radius 3 is 1.44 bits per heavy atom. The van der Waals surface area contributed by atoms with Crippen molar-refractivity contribution in [1.82, 2.24) is 9.13 Å². The Kier molecular flexibility index (Phi) is 9.32. The van der Waals surface area contributed by atoms with Crippen molar-refractivity contribution in [3.8, 4) is 55.9 Å². The van der Waals surface area contributed by atoms with Crippen LogP contribution in [0.4, 0.5) is 0 Å². The Labute approximate surface area is 362 Å². The zero-order valence-electron chi connectivity index (χ0n) is 34.7. The second kappa shape index (κ2) is 15.6. The van der Waals surface area contributed by atoms with Gasteiger partial charge >= 0.3 is 0 Å². The molecule has 0 bridgehead atoms. The molecule has 62 heavy (non-hydrogen) atoms. The minimum atomic E-state index is 0.889. The fourth-order valence-electron chi connectivity index (χ4n) is 9.62. The van der Waals surface area contributed by atoms with E-state index in [0.717, 1.165) is 6.42 Å². The second-order valence-corrected chi connectivity index (χ2v) is 16.1. The Balaban J connectivity index is 0.000000820. The van der Waals surface area contributed by atoms with Crippen molar-refractivity contribution in [3.63, 3.8) is 0 Å². The van der Waals surface area contributed by atoms with Crippen LogP contribution in [0.5, 0.6) is 0 Å². The number of hydrogen-bond donors (Lipinski definition) is 0. The van der Waals surface area contributed by atoms with Gasteiger partial charge in [-0.05, 0) is 123 Å². The van der Waals surface area contributed by atoms with Crippen molar-refractivity contribution in [1.29, 1.82) is 0 Å². The molecule has 0 fully saturated rings. The first-order valence-electron chi connectivity index (χ1n) is 21.5. The highest BCUT2D eigenvalue weighted by Gasteiger charge is 2.25. The molecule has 9 aromatic carbocycles. The maximum Gasteiger partial charge on any atom is 0.0541 e. The zero-order chi connectivity index (χ0) is 41.6. The monoisotopic (exact) mass is 792 g/mol. The van der Waals surface area contributed by atoms with Crippen LogP contribution in [0, 0.1) is 0 Å². The quantitative estimate of drug-likeness (QED) is 0.148. The fraction of sp³-hybridized carbons (Fsp3) is 0.0333. The maximum absolute atomic E-state index is 3.46. The molecule has 0 spiro atoms. The lowest BCUT2D eigenvalue weighted by Crippen LogP contribution is -1.99. The lowest BCUT2D eigenvalue weighted by atomic mass is 10.0. The molecule has 0 amide bonds. The van der Waals surface area contributed by atoms with E-state index in [2.05, 4.69) is 222 Å². The summed E-state index contributed by atoms with van der Waals surface area (Å²) in [5, 5.41) is 5.07. The van der Waals surface area contributed by atoms with E-state index in [0.29, 0.717) is 0 Å². The first kappa shape index (κ1) is 37.1. The third-order valence-electron chi connectivity index (χ3n) is 12.5. The molecule has 0 unspecified atom stereocenters. The van der Waals surface area contributed by atoms with Gasteiger partial charge in [-0.3, -0.25) is 0 Å². The Morgan fingerprint density at radius 1 is 0.403 bits per heavy atom. The Bertz CT molecular complexity index is 3400. The number of rotatable bonds is 6. The number of para-hydroxylation sites is 1.